The number of fused-ring (bicyclic) bond motifs is 1. The second-order valence-corrected chi connectivity index (χ2v) is 3.62. The number of aromatic nitrogens is 2. The van der Waals surface area contributed by atoms with Crippen LogP contribution in [-0.4, -0.2) is 23.1 Å². The van der Waals surface area contributed by atoms with Gasteiger partial charge in [0.1, 0.15) is 6.33 Å². The Morgan fingerprint density at radius 3 is 3.21 bits per heavy atom. The summed E-state index contributed by atoms with van der Waals surface area (Å²) in [5.41, 5.74) is 8.97. The normalized spacial score (nSPS) is 17.6. The second-order valence-electron chi connectivity index (χ2n) is 3.62. The van der Waals surface area contributed by atoms with E-state index in [0.29, 0.717) is 13.2 Å². The molecule has 2 rings (SSSR count). The van der Waals surface area contributed by atoms with Gasteiger partial charge >= 0.3 is 0 Å². The SMILES string of the molecule is CC(CN)c1ncnc2c1COCC2. The van der Waals surface area contributed by atoms with Gasteiger partial charge in [-0.15, -0.1) is 0 Å². The second kappa shape index (κ2) is 4.02. The van der Waals surface area contributed by atoms with Crippen molar-refractivity contribution >= 4 is 0 Å². The maximum Gasteiger partial charge on any atom is 0.115 e. The van der Waals surface area contributed by atoms with Crippen molar-refractivity contribution in [2.45, 2.75) is 25.9 Å². The Bertz CT molecular complexity index is 327. The van der Waals surface area contributed by atoms with Gasteiger partial charge in [-0.1, -0.05) is 6.92 Å². The van der Waals surface area contributed by atoms with E-state index in [9.17, 15) is 0 Å². The minimum atomic E-state index is 0.286. The van der Waals surface area contributed by atoms with Crippen molar-refractivity contribution in [2.24, 2.45) is 5.73 Å². The van der Waals surface area contributed by atoms with Gasteiger partial charge in [0.2, 0.25) is 0 Å². The van der Waals surface area contributed by atoms with Gasteiger partial charge < -0.3 is 10.5 Å². The molecular weight excluding hydrogens is 178 g/mol. The molecule has 1 aliphatic heterocycles. The zero-order valence-corrected chi connectivity index (χ0v) is 8.36. The van der Waals surface area contributed by atoms with Crippen LogP contribution in [0.3, 0.4) is 0 Å². The Morgan fingerprint density at radius 2 is 2.43 bits per heavy atom. The molecule has 1 aromatic heterocycles. The molecule has 4 nitrogen and oxygen atoms in total. The number of hydrogen-bond donors (Lipinski definition) is 1. The van der Waals surface area contributed by atoms with Crippen LogP contribution in [-0.2, 0) is 17.8 Å². The summed E-state index contributed by atoms with van der Waals surface area (Å²) >= 11 is 0. The molecule has 2 N–H and O–H groups in total. The highest BCUT2D eigenvalue weighted by molar-refractivity contribution is 5.28. The first-order valence-electron chi connectivity index (χ1n) is 4.93. The van der Waals surface area contributed by atoms with Crippen molar-refractivity contribution in [3.05, 3.63) is 23.3 Å². The Hall–Kier alpha value is -1.00. The summed E-state index contributed by atoms with van der Waals surface area (Å²) < 4.78 is 5.41. The molecule has 76 valence electrons. The molecule has 0 spiro atoms. The van der Waals surface area contributed by atoms with E-state index in [1.807, 2.05) is 0 Å². The zero-order valence-electron chi connectivity index (χ0n) is 8.36. The molecule has 0 fully saturated rings. The molecule has 1 aromatic rings. The number of hydrogen-bond acceptors (Lipinski definition) is 4. The highest BCUT2D eigenvalue weighted by atomic mass is 16.5. The smallest absolute Gasteiger partial charge is 0.115 e. The van der Waals surface area contributed by atoms with E-state index >= 15 is 0 Å². The van der Waals surface area contributed by atoms with Gasteiger partial charge in [0.25, 0.3) is 0 Å². The first kappa shape index (κ1) is 9.55. The van der Waals surface area contributed by atoms with Crippen LogP contribution in [0, 0.1) is 0 Å². The summed E-state index contributed by atoms with van der Waals surface area (Å²) in [6, 6.07) is 0. The van der Waals surface area contributed by atoms with Gasteiger partial charge in [0, 0.05) is 24.4 Å². The minimum Gasteiger partial charge on any atom is -0.376 e. The maximum absolute atomic E-state index is 5.64. The molecule has 0 aromatic carbocycles. The lowest BCUT2D eigenvalue weighted by molar-refractivity contribution is 0.107. The molecule has 4 heteroatoms. The quantitative estimate of drug-likeness (QED) is 0.747. The predicted molar refractivity (Wildman–Crippen MR) is 52.9 cm³/mol. The van der Waals surface area contributed by atoms with Crippen LogP contribution < -0.4 is 5.73 Å². The summed E-state index contributed by atoms with van der Waals surface area (Å²) in [5, 5.41) is 0. The third-order valence-corrected chi connectivity index (χ3v) is 2.62. The fourth-order valence-electron chi connectivity index (χ4n) is 1.72. The van der Waals surface area contributed by atoms with E-state index < -0.39 is 0 Å². The molecule has 1 aliphatic rings. The Kier molecular flexibility index (Phi) is 2.74. The Balaban J connectivity index is 2.39. The average molecular weight is 193 g/mol. The highest BCUT2D eigenvalue weighted by Crippen LogP contribution is 2.22. The fraction of sp³-hybridized carbons (Fsp3) is 0.600. The van der Waals surface area contributed by atoms with Gasteiger partial charge in [-0.3, -0.25) is 0 Å². The molecule has 0 saturated carbocycles. The van der Waals surface area contributed by atoms with Crippen LogP contribution in [0.1, 0.15) is 29.8 Å². The first-order valence-corrected chi connectivity index (χ1v) is 4.93. The Morgan fingerprint density at radius 1 is 1.57 bits per heavy atom. The van der Waals surface area contributed by atoms with Crippen LogP contribution in [0.25, 0.3) is 0 Å². The van der Waals surface area contributed by atoms with Crippen molar-refractivity contribution < 1.29 is 4.74 Å². The first-order chi connectivity index (χ1) is 6.83. The summed E-state index contributed by atoms with van der Waals surface area (Å²) in [4.78, 5) is 8.56. The highest BCUT2D eigenvalue weighted by Gasteiger charge is 2.18. The van der Waals surface area contributed by atoms with E-state index in [1.54, 1.807) is 6.33 Å². The van der Waals surface area contributed by atoms with E-state index in [1.165, 1.54) is 0 Å². The van der Waals surface area contributed by atoms with E-state index in [0.717, 1.165) is 30.0 Å². The Labute approximate surface area is 83.5 Å². The van der Waals surface area contributed by atoms with Crippen LogP contribution in [0.15, 0.2) is 6.33 Å². The van der Waals surface area contributed by atoms with Crippen LogP contribution in [0.5, 0.6) is 0 Å². The van der Waals surface area contributed by atoms with Gasteiger partial charge in [-0.2, -0.15) is 0 Å². The van der Waals surface area contributed by atoms with Crippen LogP contribution in [0.4, 0.5) is 0 Å². The van der Waals surface area contributed by atoms with Gasteiger partial charge in [-0.25, -0.2) is 9.97 Å². The van der Waals surface area contributed by atoms with Gasteiger partial charge in [-0.05, 0) is 0 Å². The molecule has 2 heterocycles. The number of ether oxygens (including phenoxy) is 1. The molecule has 0 saturated heterocycles. The third kappa shape index (κ3) is 1.63. The van der Waals surface area contributed by atoms with E-state index in [-0.39, 0.29) is 5.92 Å². The third-order valence-electron chi connectivity index (χ3n) is 2.62. The van der Waals surface area contributed by atoms with Crippen LogP contribution in [0.2, 0.25) is 0 Å². The summed E-state index contributed by atoms with van der Waals surface area (Å²) in [6.07, 6.45) is 2.52. The van der Waals surface area contributed by atoms with E-state index in [2.05, 4.69) is 16.9 Å². The summed E-state index contributed by atoms with van der Waals surface area (Å²) in [6.45, 7) is 4.09. The topological polar surface area (TPSA) is 61.0 Å². The summed E-state index contributed by atoms with van der Waals surface area (Å²) in [7, 11) is 0. The average Bonchev–Trinajstić information content (AvgIpc) is 2.27. The molecule has 14 heavy (non-hydrogen) atoms. The van der Waals surface area contributed by atoms with Crippen molar-refractivity contribution in [3.63, 3.8) is 0 Å². The number of nitrogens with zero attached hydrogens (tertiary/aromatic N) is 2. The molecular formula is C10H15N3O. The largest absolute Gasteiger partial charge is 0.376 e. The van der Waals surface area contributed by atoms with Crippen molar-refractivity contribution in [1.29, 1.82) is 0 Å². The minimum absolute atomic E-state index is 0.286. The number of rotatable bonds is 2. The molecule has 0 amide bonds. The lowest BCUT2D eigenvalue weighted by atomic mass is 9.99. The molecule has 0 bridgehead atoms. The zero-order chi connectivity index (χ0) is 9.97. The van der Waals surface area contributed by atoms with Crippen molar-refractivity contribution in [1.82, 2.24) is 9.97 Å². The van der Waals surface area contributed by atoms with Crippen molar-refractivity contribution in [3.8, 4) is 0 Å². The lowest BCUT2D eigenvalue weighted by Crippen LogP contribution is -2.19. The molecule has 1 atom stereocenters. The van der Waals surface area contributed by atoms with Crippen LogP contribution >= 0.6 is 0 Å². The van der Waals surface area contributed by atoms with Gasteiger partial charge in [0.15, 0.2) is 0 Å². The summed E-state index contributed by atoms with van der Waals surface area (Å²) in [5.74, 6) is 0.286. The van der Waals surface area contributed by atoms with Crippen molar-refractivity contribution in [2.75, 3.05) is 13.2 Å². The predicted octanol–water partition coefficient (Wildman–Crippen LogP) is 0.612. The van der Waals surface area contributed by atoms with E-state index in [4.69, 9.17) is 10.5 Å². The standard InChI is InChI=1S/C10H15N3O/c1-7(4-11)10-8-5-14-3-2-9(8)12-6-13-10/h6-7H,2-5,11H2,1H3. The lowest BCUT2D eigenvalue weighted by Gasteiger charge is -2.20. The monoisotopic (exact) mass is 193 g/mol. The van der Waals surface area contributed by atoms with Gasteiger partial charge in [0.05, 0.1) is 24.6 Å². The maximum atomic E-state index is 5.64. The molecule has 0 radical (unpaired) electrons. The number of nitrogens with two attached hydrogens (primary N) is 1. The molecule has 0 aliphatic carbocycles. The fourth-order valence-corrected chi connectivity index (χ4v) is 1.72. The molecule has 1 unspecified atom stereocenters.